The van der Waals surface area contributed by atoms with E-state index < -0.39 is 7.60 Å². The number of benzene rings is 1. The molecule has 1 aromatic rings. The third-order valence-corrected chi connectivity index (χ3v) is 5.30. The first kappa shape index (κ1) is 18.1. The van der Waals surface area contributed by atoms with Gasteiger partial charge in [-0.3, -0.25) is 4.57 Å². The summed E-state index contributed by atoms with van der Waals surface area (Å²) in [7, 11) is -3.12. The molecule has 1 aromatic carbocycles. The molecule has 0 unspecified atom stereocenters. The first-order valence-corrected chi connectivity index (χ1v) is 8.93. The van der Waals surface area contributed by atoms with Gasteiger partial charge >= 0.3 is 7.60 Å². The molecule has 20 heavy (non-hydrogen) atoms. The van der Waals surface area contributed by atoms with Crippen LogP contribution in [0, 0.1) is 0 Å². The van der Waals surface area contributed by atoms with Crippen molar-refractivity contribution >= 4 is 42.4 Å². The Morgan fingerprint density at radius 2 is 1.55 bits per heavy atom. The molecule has 0 saturated carbocycles. The number of hydrogen-bond donors (Lipinski definition) is 0. The zero-order valence-electron chi connectivity index (χ0n) is 11.2. The van der Waals surface area contributed by atoms with Crippen LogP contribution in [0.2, 0.25) is 15.1 Å². The van der Waals surface area contributed by atoms with Crippen LogP contribution in [0.4, 0.5) is 0 Å². The Balaban J connectivity index is 2.63. The summed E-state index contributed by atoms with van der Waals surface area (Å²) in [5.74, 6) is 0.376. The molecule has 0 amide bonds. The third kappa shape index (κ3) is 5.44. The van der Waals surface area contributed by atoms with Crippen LogP contribution in [0.5, 0.6) is 5.75 Å². The second-order valence-corrected chi connectivity index (χ2v) is 7.12. The molecule has 8 heteroatoms. The van der Waals surface area contributed by atoms with E-state index in [1.807, 2.05) is 0 Å². The van der Waals surface area contributed by atoms with Crippen molar-refractivity contribution < 1.29 is 18.3 Å². The van der Waals surface area contributed by atoms with Crippen LogP contribution in [0.1, 0.15) is 13.8 Å². The van der Waals surface area contributed by atoms with Crippen LogP contribution in [-0.4, -0.2) is 26.0 Å². The normalized spacial score (nSPS) is 11.7. The average Bonchev–Trinajstić information content (AvgIpc) is 2.36. The minimum absolute atomic E-state index is 0.130. The van der Waals surface area contributed by atoms with Gasteiger partial charge in [-0.25, -0.2) is 0 Å². The molecule has 0 aliphatic rings. The van der Waals surface area contributed by atoms with Gasteiger partial charge in [0.1, 0.15) is 5.75 Å². The standard InChI is InChI=1S/C12H16Cl3O4P/c1-3-18-20(16,19-4-2)6-5-17-12-8-10(14)9(13)7-11(12)15/h7-8H,3-6H2,1-2H3. The smallest absolute Gasteiger partial charge is 0.334 e. The Morgan fingerprint density at radius 1 is 1.00 bits per heavy atom. The van der Waals surface area contributed by atoms with E-state index in [-0.39, 0.29) is 12.8 Å². The highest BCUT2D eigenvalue weighted by molar-refractivity contribution is 7.53. The predicted octanol–water partition coefficient (Wildman–Crippen LogP) is 5.29. The Labute approximate surface area is 133 Å². The predicted molar refractivity (Wildman–Crippen MR) is 82.7 cm³/mol. The van der Waals surface area contributed by atoms with Crippen LogP contribution in [-0.2, 0) is 13.6 Å². The maximum Gasteiger partial charge on any atom is 0.334 e. The van der Waals surface area contributed by atoms with E-state index in [1.54, 1.807) is 13.8 Å². The fourth-order valence-corrected chi connectivity index (χ4v) is 3.47. The lowest BCUT2D eigenvalue weighted by Crippen LogP contribution is -2.08. The summed E-state index contributed by atoms with van der Waals surface area (Å²) in [5.41, 5.74) is 0. The molecule has 4 nitrogen and oxygen atoms in total. The molecule has 1 rings (SSSR count). The topological polar surface area (TPSA) is 44.8 Å². The molecule has 0 aliphatic carbocycles. The highest BCUT2D eigenvalue weighted by Crippen LogP contribution is 2.47. The van der Waals surface area contributed by atoms with Crippen molar-refractivity contribution in [3.05, 3.63) is 27.2 Å². The first-order chi connectivity index (χ1) is 9.41. The van der Waals surface area contributed by atoms with Crippen molar-refractivity contribution in [1.29, 1.82) is 0 Å². The van der Waals surface area contributed by atoms with E-state index in [0.29, 0.717) is 34.0 Å². The molecule has 0 bridgehead atoms. The maximum atomic E-state index is 12.2. The van der Waals surface area contributed by atoms with E-state index in [9.17, 15) is 4.57 Å². The fraction of sp³-hybridized carbons (Fsp3) is 0.500. The summed E-state index contributed by atoms with van der Waals surface area (Å²) >= 11 is 17.7. The van der Waals surface area contributed by atoms with Crippen molar-refractivity contribution in [3.63, 3.8) is 0 Å². The van der Waals surface area contributed by atoms with Crippen molar-refractivity contribution in [3.8, 4) is 5.75 Å². The number of hydrogen-bond acceptors (Lipinski definition) is 4. The molecular formula is C12H16Cl3O4P. The number of halogens is 3. The summed E-state index contributed by atoms with van der Waals surface area (Å²) in [6.07, 6.45) is 0.130. The summed E-state index contributed by atoms with van der Waals surface area (Å²) in [5, 5.41) is 1.02. The van der Waals surface area contributed by atoms with Crippen LogP contribution in [0.25, 0.3) is 0 Å². The largest absolute Gasteiger partial charge is 0.491 e. The van der Waals surface area contributed by atoms with Gasteiger partial charge in [0.15, 0.2) is 0 Å². The zero-order valence-corrected chi connectivity index (χ0v) is 14.4. The van der Waals surface area contributed by atoms with Gasteiger partial charge in [0.25, 0.3) is 0 Å². The van der Waals surface area contributed by atoms with Gasteiger partial charge in [-0.2, -0.15) is 0 Å². The lowest BCUT2D eigenvalue weighted by molar-refractivity contribution is 0.213. The van der Waals surface area contributed by atoms with Gasteiger partial charge in [-0.1, -0.05) is 34.8 Å². The van der Waals surface area contributed by atoms with Crippen LogP contribution >= 0.6 is 42.4 Å². The van der Waals surface area contributed by atoms with Crippen LogP contribution in [0.15, 0.2) is 12.1 Å². The molecule has 0 fully saturated rings. The molecule has 0 atom stereocenters. The maximum absolute atomic E-state index is 12.2. The van der Waals surface area contributed by atoms with Crippen molar-refractivity contribution in [1.82, 2.24) is 0 Å². The highest BCUT2D eigenvalue weighted by atomic mass is 35.5. The third-order valence-electron chi connectivity index (χ3n) is 2.25. The van der Waals surface area contributed by atoms with E-state index in [0.717, 1.165) is 0 Å². The molecular weight excluding hydrogens is 345 g/mol. The van der Waals surface area contributed by atoms with Gasteiger partial charge in [0, 0.05) is 6.07 Å². The van der Waals surface area contributed by atoms with E-state index in [2.05, 4.69) is 0 Å². The lowest BCUT2D eigenvalue weighted by Gasteiger charge is -2.17. The van der Waals surface area contributed by atoms with Gasteiger partial charge in [-0.05, 0) is 19.9 Å². The molecule has 0 aliphatic heterocycles. The van der Waals surface area contributed by atoms with Gasteiger partial charge in [0.2, 0.25) is 0 Å². The molecule has 0 heterocycles. The Kier molecular flexibility index (Phi) is 7.67. The van der Waals surface area contributed by atoms with E-state index in [1.165, 1.54) is 12.1 Å². The molecule has 0 N–H and O–H groups in total. The minimum atomic E-state index is -3.12. The molecule has 0 spiro atoms. The average molecular weight is 362 g/mol. The van der Waals surface area contributed by atoms with E-state index >= 15 is 0 Å². The summed E-state index contributed by atoms with van der Waals surface area (Å²) in [6.45, 7) is 4.26. The van der Waals surface area contributed by atoms with E-state index in [4.69, 9.17) is 48.6 Å². The number of ether oxygens (including phenoxy) is 1. The van der Waals surface area contributed by atoms with Gasteiger partial charge in [0.05, 0.1) is 41.1 Å². The van der Waals surface area contributed by atoms with Crippen molar-refractivity contribution in [2.24, 2.45) is 0 Å². The Bertz CT molecular complexity index is 486. The molecule has 114 valence electrons. The van der Waals surface area contributed by atoms with Gasteiger partial charge < -0.3 is 13.8 Å². The van der Waals surface area contributed by atoms with Crippen LogP contribution in [0.3, 0.4) is 0 Å². The first-order valence-electron chi connectivity index (χ1n) is 6.07. The van der Waals surface area contributed by atoms with Crippen LogP contribution < -0.4 is 4.74 Å². The molecule has 0 aromatic heterocycles. The SMILES string of the molecule is CCOP(=O)(CCOc1cc(Cl)c(Cl)cc1Cl)OCC. The molecule has 0 saturated heterocycles. The highest BCUT2D eigenvalue weighted by Gasteiger charge is 2.23. The molecule has 0 radical (unpaired) electrons. The summed E-state index contributed by atoms with van der Waals surface area (Å²) in [4.78, 5) is 0. The Hall–Kier alpha value is 0.0400. The quantitative estimate of drug-likeness (QED) is 0.466. The fourth-order valence-electron chi connectivity index (χ4n) is 1.44. The second-order valence-electron chi connectivity index (χ2n) is 3.72. The summed E-state index contributed by atoms with van der Waals surface area (Å²) in [6, 6.07) is 3.00. The van der Waals surface area contributed by atoms with Crippen molar-refractivity contribution in [2.75, 3.05) is 26.0 Å². The van der Waals surface area contributed by atoms with Crippen molar-refractivity contribution in [2.45, 2.75) is 13.8 Å². The lowest BCUT2D eigenvalue weighted by atomic mass is 10.3. The summed E-state index contributed by atoms with van der Waals surface area (Å²) < 4.78 is 28.0. The minimum Gasteiger partial charge on any atom is -0.491 e. The number of rotatable bonds is 8. The monoisotopic (exact) mass is 360 g/mol. The zero-order chi connectivity index (χ0) is 15.2. The second kappa shape index (κ2) is 8.47. The Morgan fingerprint density at radius 3 is 2.10 bits per heavy atom. The van der Waals surface area contributed by atoms with Gasteiger partial charge in [-0.15, -0.1) is 0 Å².